The van der Waals surface area contributed by atoms with Gasteiger partial charge in [0.15, 0.2) is 0 Å². The van der Waals surface area contributed by atoms with Gasteiger partial charge in [0.1, 0.15) is 0 Å². The van der Waals surface area contributed by atoms with Gasteiger partial charge < -0.3 is 5.11 Å². The van der Waals surface area contributed by atoms with Crippen LogP contribution in [-0.2, 0) is 10.0 Å². The monoisotopic (exact) mass is 417 g/mol. The van der Waals surface area contributed by atoms with E-state index in [2.05, 4.69) is 27.3 Å². The van der Waals surface area contributed by atoms with Crippen LogP contribution in [-0.4, -0.2) is 19.5 Å². The maximum absolute atomic E-state index is 12.3. The van der Waals surface area contributed by atoms with Gasteiger partial charge in [-0.25, -0.2) is 13.2 Å². The summed E-state index contributed by atoms with van der Waals surface area (Å²) in [6.07, 6.45) is 0. The van der Waals surface area contributed by atoms with E-state index in [1.807, 2.05) is 0 Å². The number of rotatable bonds is 4. The van der Waals surface area contributed by atoms with Crippen LogP contribution in [0.5, 0.6) is 0 Å². The normalized spacial score (nSPS) is 11.1. The van der Waals surface area contributed by atoms with Gasteiger partial charge in [0.25, 0.3) is 10.0 Å². The molecule has 21 heavy (non-hydrogen) atoms. The van der Waals surface area contributed by atoms with Gasteiger partial charge >= 0.3 is 5.97 Å². The summed E-state index contributed by atoms with van der Waals surface area (Å²) >= 11 is 2.08. The Labute approximate surface area is 136 Å². The first-order valence-corrected chi connectivity index (χ1v) is 8.48. The number of halogens is 1. The molecule has 0 aliphatic heterocycles. The fourth-order valence-corrected chi connectivity index (χ4v) is 3.16. The lowest BCUT2D eigenvalue weighted by atomic mass is 10.1. The summed E-state index contributed by atoms with van der Waals surface area (Å²) in [6.45, 7) is 1.71. The molecule has 7 heteroatoms. The zero-order valence-electron chi connectivity index (χ0n) is 11.0. The molecule has 0 aliphatic rings. The van der Waals surface area contributed by atoms with Crippen LogP contribution in [0.15, 0.2) is 47.4 Å². The molecule has 110 valence electrons. The lowest BCUT2D eigenvalue weighted by molar-refractivity contribution is 0.0697. The van der Waals surface area contributed by atoms with E-state index < -0.39 is 16.0 Å². The summed E-state index contributed by atoms with van der Waals surface area (Å²) in [5, 5.41) is 8.97. The van der Waals surface area contributed by atoms with Crippen LogP contribution in [0.3, 0.4) is 0 Å². The third kappa shape index (κ3) is 3.73. The van der Waals surface area contributed by atoms with Crippen LogP contribution in [0.4, 0.5) is 5.69 Å². The Morgan fingerprint density at radius 3 is 2.33 bits per heavy atom. The van der Waals surface area contributed by atoms with Gasteiger partial charge in [0, 0.05) is 3.57 Å². The minimum atomic E-state index is -3.74. The predicted molar refractivity (Wildman–Crippen MR) is 88.1 cm³/mol. The highest BCUT2D eigenvalue weighted by atomic mass is 127. The average Bonchev–Trinajstić information content (AvgIpc) is 2.41. The van der Waals surface area contributed by atoms with Crippen molar-refractivity contribution in [1.29, 1.82) is 0 Å². The molecule has 0 spiro atoms. The minimum Gasteiger partial charge on any atom is -0.478 e. The average molecular weight is 417 g/mol. The van der Waals surface area contributed by atoms with Crippen molar-refractivity contribution in [1.82, 2.24) is 0 Å². The Morgan fingerprint density at radius 1 is 1.14 bits per heavy atom. The molecule has 0 unspecified atom stereocenters. The molecule has 5 nitrogen and oxygen atoms in total. The van der Waals surface area contributed by atoms with Crippen LogP contribution < -0.4 is 4.72 Å². The highest BCUT2D eigenvalue weighted by Gasteiger charge is 2.16. The van der Waals surface area contributed by atoms with Crippen molar-refractivity contribution in [2.24, 2.45) is 0 Å². The van der Waals surface area contributed by atoms with Crippen molar-refractivity contribution >= 4 is 44.3 Å². The van der Waals surface area contributed by atoms with Gasteiger partial charge in [-0.2, -0.15) is 0 Å². The first-order valence-electron chi connectivity index (χ1n) is 5.92. The highest BCUT2D eigenvalue weighted by Crippen LogP contribution is 2.21. The van der Waals surface area contributed by atoms with Gasteiger partial charge in [-0.1, -0.05) is 6.07 Å². The van der Waals surface area contributed by atoms with Gasteiger partial charge in [-0.05, 0) is 71.5 Å². The Bertz CT molecular complexity index is 785. The van der Waals surface area contributed by atoms with E-state index in [1.165, 1.54) is 24.3 Å². The molecule has 2 aromatic rings. The van der Waals surface area contributed by atoms with E-state index in [4.69, 9.17) is 5.11 Å². The molecular formula is C14H12INO4S. The number of carbonyl (C=O) groups is 1. The molecule has 0 aliphatic carbocycles. The van der Waals surface area contributed by atoms with Crippen LogP contribution in [0, 0.1) is 10.5 Å². The SMILES string of the molecule is Cc1ccc(C(=O)O)cc1NS(=O)(=O)c1ccc(I)cc1. The molecule has 0 amide bonds. The summed E-state index contributed by atoms with van der Waals surface area (Å²) in [5.74, 6) is -1.11. The summed E-state index contributed by atoms with van der Waals surface area (Å²) in [5.41, 5.74) is 0.934. The molecular weight excluding hydrogens is 405 g/mol. The number of anilines is 1. The first-order chi connectivity index (χ1) is 9.79. The van der Waals surface area contributed by atoms with E-state index in [-0.39, 0.29) is 16.1 Å². The molecule has 2 rings (SSSR count). The van der Waals surface area contributed by atoms with Crippen LogP contribution in [0.1, 0.15) is 15.9 Å². The molecule has 2 aromatic carbocycles. The van der Waals surface area contributed by atoms with Gasteiger partial charge in [0.2, 0.25) is 0 Å². The lowest BCUT2D eigenvalue weighted by Gasteiger charge is -2.11. The predicted octanol–water partition coefficient (Wildman–Crippen LogP) is 3.10. The molecule has 0 atom stereocenters. The summed E-state index contributed by atoms with van der Waals surface area (Å²) in [6, 6.07) is 10.7. The maximum Gasteiger partial charge on any atom is 0.335 e. The van der Waals surface area contributed by atoms with Gasteiger partial charge in [0.05, 0.1) is 16.1 Å². The smallest absolute Gasteiger partial charge is 0.335 e. The fourth-order valence-electron chi connectivity index (χ4n) is 1.68. The molecule has 0 saturated carbocycles. The Kier molecular flexibility index (Phi) is 4.52. The molecule has 0 heterocycles. The number of aryl methyl sites for hydroxylation is 1. The number of sulfonamides is 1. The topological polar surface area (TPSA) is 83.5 Å². The van der Waals surface area contributed by atoms with Gasteiger partial charge in [-0.15, -0.1) is 0 Å². The Balaban J connectivity index is 2.38. The van der Waals surface area contributed by atoms with Crippen molar-refractivity contribution in [2.75, 3.05) is 4.72 Å². The number of hydrogen-bond acceptors (Lipinski definition) is 3. The van der Waals surface area contributed by atoms with Crippen molar-refractivity contribution in [3.8, 4) is 0 Å². The summed E-state index contributed by atoms with van der Waals surface area (Å²) < 4.78 is 27.9. The minimum absolute atomic E-state index is 0.0286. The van der Waals surface area contributed by atoms with Crippen molar-refractivity contribution < 1.29 is 18.3 Å². The number of benzene rings is 2. The number of aromatic carboxylic acids is 1. The lowest BCUT2D eigenvalue weighted by Crippen LogP contribution is -2.14. The molecule has 2 N–H and O–H groups in total. The zero-order chi connectivity index (χ0) is 15.6. The summed E-state index contributed by atoms with van der Waals surface area (Å²) in [7, 11) is -3.74. The van der Waals surface area contributed by atoms with Crippen LogP contribution in [0.25, 0.3) is 0 Å². The molecule has 0 fully saturated rings. The third-order valence-electron chi connectivity index (χ3n) is 2.85. The zero-order valence-corrected chi connectivity index (χ0v) is 14.0. The third-order valence-corrected chi connectivity index (χ3v) is 4.95. The molecule has 0 bridgehead atoms. The number of carboxylic acids is 1. The quantitative estimate of drug-likeness (QED) is 0.750. The highest BCUT2D eigenvalue weighted by molar-refractivity contribution is 14.1. The molecule has 0 radical (unpaired) electrons. The van der Waals surface area contributed by atoms with E-state index in [0.717, 1.165) is 3.57 Å². The van der Waals surface area contributed by atoms with Crippen LogP contribution in [0.2, 0.25) is 0 Å². The Hall–Kier alpha value is -1.61. The number of hydrogen-bond donors (Lipinski definition) is 2. The van der Waals surface area contributed by atoms with E-state index in [1.54, 1.807) is 25.1 Å². The fraction of sp³-hybridized carbons (Fsp3) is 0.0714. The first kappa shape index (κ1) is 15.8. The van der Waals surface area contributed by atoms with Crippen molar-refractivity contribution in [3.05, 3.63) is 57.2 Å². The van der Waals surface area contributed by atoms with Crippen LogP contribution >= 0.6 is 22.6 Å². The van der Waals surface area contributed by atoms with Crippen molar-refractivity contribution in [3.63, 3.8) is 0 Å². The Morgan fingerprint density at radius 2 is 1.76 bits per heavy atom. The van der Waals surface area contributed by atoms with Crippen molar-refractivity contribution in [2.45, 2.75) is 11.8 Å². The second kappa shape index (κ2) is 6.02. The standard InChI is InChI=1S/C14H12INO4S/c1-9-2-3-10(14(17)18)8-13(9)16-21(19,20)12-6-4-11(15)5-7-12/h2-8,16H,1H3,(H,17,18). The van der Waals surface area contributed by atoms with E-state index in [9.17, 15) is 13.2 Å². The largest absolute Gasteiger partial charge is 0.478 e. The number of nitrogens with one attached hydrogen (secondary N) is 1. The summed E-state index contributed by atoms with van der Waals surface area (Å²) in [4.78, 5) is 11.1. The molecule has 0 saturated heterocycles. The molecule has 0 aromatic heterocycles. The van der Waals surface area contributed by atoms with E-state index >= 15 is 0 Å². The van der Waals surface area contributed by atoms with E-state index in [0.29, 0.717) is 5.56 Å². The maximum atomic E-state index is 12.3. The second-order valence-electron chi connectivity index (χ2n) is 4.39. The second-order valence-corrected chi connectivity index (χ2v) is 7.32. The number of carboxylic acid groups (broad SMARTS) is 1. The van der Waals surface area contributed by atoms with Gasteiger partial charge in [-0.3, -0.25) is 4.72 Å².